The number of aryl methyl sites for hydroxylation is 2. The lowest BCUT2D eigenvalue weighted by Gasteiger charge is -2.18. The van der Waals surface area contributed by atoms with Gasteiger partial charge >= 0.3 is 5.97 Å². The van der Waals surface area contributed by atoms with Crippen LogP contribution in [0.2, 0.25) is 0 Å². The van der Waals surface area contributed by atoms with Crippen LogP contribution in [0.15, 0.2) is 18.2 Å². The number of hydrogen-bond acceptors (Lipinski definition) is 1. The molecule has 0 bridgehead atoms. The van der Waals surface area contributed by atoms with Gasteiger partial charge in [0, 0.05) is 0 Å². The van der Waals surface area contributed by atoms with E-state index >= 15 is 0 Å². The average molecular weight is 238 g/mol. The maximum Gasteiger partial charge on any atom is 0.309 e. The summed E-state index contributed by atoms with van der Waals surface area (Å²) in [7, 11) is 0. The molecule has 1 aromatic carbocycles. The third-order valence-corrected chi connectivity index (χ3v) is 3.07. The third-order valence-electron chi connectivity index (χ3n) is 3.07. The van der Waals surface area contributed by atoms with Crippen LogP contribution in [0.5, 0.6) is 0 Å². The third kappa shape index (κ3) is 3.84. The van der Waals surface area contributed by atoms with Crippen LogP contribution in [0.3, 0.4) is 0 Å². The molecule has 2 nitrogen and oxygen atoms in total. The van der Waals surface area contributed by atoms with Gasteiger partial charge in [0.15, 0.2) is 0 Å². The summed E-state index contributed by atoms with van der Waals surface area (Å²) in [6.45, 7) is 5.19. The van der Waals surface area contributed by atoms with E-state index in [0.29, 0.717) is 12.0 Å². The Morgan fingerprint density at radius 3 is 2.59 bits per heavy atom. The highest BCUT2D eigenvalue weighted by Crippen LogP contribution is 2.23. The minimum absolute atomic E-state index is 0.195. The van der Waals surface area contributed by atoms with E-state index in [0.717, 1.165) is 18.4 Å². The molecular formula is C14H19FO2. The van der Waals surface area contributed by atoms with Gasteiger partial charge in [0.25, 0.3) is 0 Å². The summed E-state index contributed by atoms with van der Waals surface area (Å²) in [5.74, 6) is -0.965. The standard InChI is InChI=1S/C14H19FO2/c1-10-9-11(6-7-12(10)15)5-4-8-14(2,3)13(16)17/h6-7,9H,4-5,8H2,1-3H3,(H,16,17). The Bertz CT molecular complexity index is 411. The van der Waals surface area contributed by atoms with E-state index in [4.69, 9.17) is 5.11 Å². The normalized spacial score (nSPS) is 11.5. The van der Waals surface area contributed by atoms with E-state index in [1.54, 1.807) is 26.8 Å². The largest absolute Gasteiger partial charge is 0.481 e. The first kappa shape index (κ1) is 13.7. The predicted molar refractivity (Wildman–Crippen MR) is 65.5 cm³/mol. The molecule has 0 saturated heterocycles. The van der Waals surface area contributed by atoms with Crippen molar-refractivity contribution in [3.8, 4) is 0 Å². The van der Waals surface area contributed by atoms with Gasteiger partial charge in [0.1, 0.15) is 5.82 Å². The second kappa shape index (κ2) is 5.30. The molecule has 0 saturated carbocycles. The summed E-state index contributed by atoms with van der Waals surface area (Å²) in [4.78, 5) is 10.9. The van der Waals surface area contributed by atoms with Crippen molar-refractivity contribution in [1.29, 1.82) is 0 Å². The zero-order valence-corrected chi connectivity index (χ0v) is 10.6. The van der Waals surface area contributed by atoms with Crippen molar-refractivity contribution < 1.29 is 14.3 Å². The van der Waals surface area contributed by atoms with Crippen molar-refractivity contribution in [1.82, 2.24) is 0 Å². The highest BCUT2D eigenvalue weighted by molar-refractivity contribution is 5.73. The van der Waals surface area contributed by atoms with Crippen molar-refractivity contribution in [2.24, 2.45) is 5.41 Å². The Hall–Kier alpha value is -1.38. The van der Waals surface area contributed by atoms with Gasteiger partial charge < -0.3 is 5.11 Å². The first-order valence-electron chi connectivity index (χ1n) is 5.81. The van der Waals surface area contributed by atoms with Crippen LogP contribution in [0, 0.1) is 18.2 Å². The molecule has 0 fully saturated rings. The van der Waals surface area contributed by atoms with Crippen LogP contribution in [-0.4, -0.2) is 11.1 Å². The maximum absolute atomic E-state index is 13.0. The van der Waals surface area contributed by atoms with Gasteiger partial charge in [-0.1, -0.05) is 12.1 Å². The molecule has 0 aliphatic rings. The Kier molecular flexibility index (Phi) is 4.27. The second-order valence-corrected chi connectivity index (χ2v) is 5.13. The van der Waals surface area contributed by atoms with Crippen LogP contribution in [0.4, 0.5) is 4.39 Å². The predicted octanol–water partition coefficient (Wildman–Crippen LogP) is 3.57. The van der Waals surface area contributed by atoms with Gasteiger partial charge in [-0.05, 0) is 57.2 Å². The first-order chi connectivity index (χ1) is 7.83. The molecule has 1 rings (SSSR count). The first-order valence-corrected chi connectivity index (χ1v) is 5.81. The average Bonchev–Trinajstić information content (AvgIpc) is 2.23. The number of benzene rings is 1. The number of carbonyl (C=O) groups is 1. The molecule has 0 radical (unpaired) electrons. The molecule has 0 heterocycles. The molecule has 0 aromatic heterocycles. The van der Waals surface area contributed by atoms with E-state index < -0.39 is 11.4 Å². The smallest absolute Gasteiger partial charge is 0.309 e. The number of aliphatic carboxylic acids is 1. The maximum atomic E-state index is 13.0. The van der Waals surface area contributed by atoms with Gasteiger partial charge in [-0.3, -0.25) is 4.79 Å². The summed E-state index contributed by atoms with van der Waals surface area (Å²) in [5.41, 5.74) is 1.01. The van der Waals surface area contributed by atoms with E-state index in [2.05, 4.69) is 0 Å². The molecule has 0 atom stereocenters. The van der Waals surface area contributed by atoms with E-state index in [1.165, 1.54) is 6.07 Å². The van der Waals surface area contributed by atoms with Gasteiger partial charge in [0.2, 0.25) is 0 Å². The molecule has 0 unspecified atom stereocenters. The van der Waals surface area contributed by atoms with Gasteiger partial charge in [-0.25, -0.2) is 4.39 Å². The molecule has 0 amide bonds. The molecule has 0 aliphatic carbocycles. The van der Waals surface area contributed by atoms with Crippen LogP contribution < -0.4 is 0 Å². The Labute approximate surface area is 101 Å². The number of hydrogen-bond donors (Lipinski definition) is 1. The zero-order chi connectivity index (χ0) is 13.1. The van der Waals surface area contributed by atoms with E-state index in [-0.39, 0.29) is 5.82 Å². The van der Waals surface area contributed by atoms with E-state index in [9.17, 15) is 9.18 Å². The summed E-state index contributed by atoms with van der Waals surface area (Å²) < 4.78 is 13.0. The number of rotatable bonds is 5. The molecular weight excluding hydrogens is 219 g/mol. The second-order valence-electron chi connectivity index (χ2n) is 5.13. The molecule has 94 valence electrons. The lowest BCUT2D eigenvalue weighted by molar-refractivity contribution is -0.147. The van der Waals surface area contributed by atoms with Crippen molar-refractivity contribution in [2.75, 3.05) is 0 Å². The molecule has 0 aliphatic heterocycles. The Morgan fingerprint density at radius 1 is 1.41 bits per heavy atom. The van der Waals surface area contributed by atoms with E-state index in [1.807, 2.05) is 6.07 Å². The lowest BCUT2D eigenvalue weighted by Crippen LogP contribution is -2.23. The Morgan fingerprint density at radius 2 is 2.06 bits per heavy atom. The highest BCUT2D eigenvalue weighted by atomic mass is 19.1. The lowest BCUT2D eigenvalue weighted by atomic mass is 9.86. The van der Waals surface area contributed by atoms with Crippen molar-refractivity contribution in [3.63, 3.8) is 0 Å². The Balaban J connectivity index is 2.51. The van der Waals surface area contributed by atoms with Gasteiger partial charge in [0.05, 0.1) is 5.41 Å². The summed E-state index contributed by atoms with van der Waals surface area (Å²) in [6.07, 6.45) is 2.21. The number of carboxylic acid groups (broad SMARTS) is 1. The van der Waals surface area contributed by atoms with Crippen molar-refractivity contribution in [3.05, 3.63) is 35.1 Å². The number of halogens is 1. The van der Waals surface area contributed by atoms with Crippen molar-refractivity contribution in [2.45, 2.75) is 40.0 Å². The van der Waals surface area contributed by atoms with Crippen molar-refractivity contribution >= 4 is 5.97 Å². The molecule has 0 spiro atoms. The topological polar surface area (TPSA) is 37.3 Å². The fourth-order valence-corrected chi connectivity index (χ4v) is 1.70. The fourth-order valence-electron chi connectivity index (χ4n) is 1.70. The van der Waals surface area contributed by atoms with Crippen LogP contribution in [0.1, 0.15) is 37.8 Å². The molecule has 17 heavy (non-hydrogen) atoms. The minimum Gasteiger partial charge on any atom is -0.481 e. The summed E-state index contributed by atoms with van der Waals surface area (Å²) >= 11 is 0. The fraction of sp³-hybridized carbons (Fsp3) is 0.500. The minimum atomic E-state index is -0.771. The van der Waals surface area contributed by atoms with Crippen LogP contribution in [-0.2, 0) is 11.2 Å². The molecule has 1 aromatic rings. The SMILES string of the molecule is Cc1cc(CCCC(C)(C)C(=O)O)ccc1F. The summed E-state index contributed by atoms with van der Waals surface area (Å²) in [5, 5.41) is 8.97. The zero-order valence-electron chi connectivity index (χ0n) is 10.6. The number of carboxylic acids is 1. The van der Waals surface area contributed by atoms with Crippen LogP contribution in [0.25, 0.3) is 0 Å². The van der Waals surface area contributed by atoms with Crippen LogP contribution >= 0.6 is 0 Å². The highest BCUT2D eigenvalue weighted by Gasteiger charge is 2.26. The quantitative estimate of drug-likeness (QED) is 0.851. The molecule has 1 N–H and O–H groups in total. The monoisotopic (exact) mass is 238 g/mol. The summed E-state index contributed by atoms with van der Waals surface area (Å²) in [6, 6.07) is 5.05. The van der Waals surface area contributed by atoms with Gasteiger partial charge in [-0.2, -0.15) is 0 Å². The molecule has 3 heteroatoms. The van der Waals surface area contributed by atoms with Gasteiger partial charge in [-0.15, -0.1) is 0 Å².